The summed E-state index contributed by atoms with van der Waals surface area (Å²) in [7, 11) is -3.74. The molecule has 0 fully saturated rings. The summed E-state index contributed by atoms with van der Waals surface area (Å²) >= 11 is 0. The first-order chi connectivity index (χ1) is 16.0. The lowest BCUT2D eigenvalue weighted by atomic mass is 10.1. The van der Waals surface area contributed by atoms with Crippen LogP contribution in [0.3, 0.4) is 0 Å². The molecule has 0 aliphatic carbocycles. The standard InChI is InChI=1S/C26H37N3O4S/c1-7-22-11-9-10-12-24(22)29(34(6,32)33)18-25(30)28(17-21-15-13-20(5)14-16-21)23(8-2)26(31)27-19(3)4/h9-16,19,23H,7-8,17-18H2,1-6H3,(H,27,31)/t23-/m1/s1. The van der Waals surface area contributed by atoms with E-state index in [1.807, 2.05) is 71.0 Å². The van der Waals surface area contributed by atoms with E-state index < -0.39 is 22.0 Å². The van der Waals surface area contributed by atoms with Crippen LogP contribution in [0.15, 0.2) is 48.5 Å². The predicted octanol–water partition coefficient (Wildman–Crippen LogP) is 3.66. The molecule has 2 aromatic carbocycles. The number of nitrogens with zero attached hydrogens (tertiary/aromatic N) is 2. The van der Waals surface area contributed by atoms with Crippen LogP contribution in [0.2, 0.25) is 0 Å². The number of carbonyl (C=O) groups is 2. The third-order valence-electron chi connectivity index (χ3n) is 5.61. The van der Waals surface area contributed by atoms with E-state index in [1.54, 1.807) is 12.1 Å². The normalized spacial score (nSPS) is 12.3. The van der Waals surface area contributed by atoms with Crippen molar-refractivity contribution < 1.29 is 18.0 Å². The Labute approximate surface area is 204 Å². The zero-order chi connectivity index (χ0) is 25.5. The molecule has 0 unspecified atom stereocenters. The van der Waals surface area contributed by atoms with Gasteiger partial charge in [-0.1, -0.05) is 61.9 Å². The molecule has 7 nitrogen and oxygen atoms in total. The Kier molecular flexibility index (Phi) is 9.67. The van der Waals surface area contributed by atoms with Gasteiger partial charge in [0.2, 0.25) is 21.8 Å². The molecule has 1 N–H and O–H groups in total. The molecule has 2 aromatic rings. The lowest BCUT2D eigenvalue weighted by molar-refractivity contribution is -0.140. The van der Waals surface area contributed by atoms with E-state index in [4.69, 9.17) is 0 Å². The van der Waals surface area contributed by atoms with E-state index in [0.29, 0.717) is 18.5 Å². The number of anilines is 1. The Hall–Kier alpha value is -2.87. The highest BCUT2D eigenvalue weighted by molar-refractivity contribution is 7.92. The van der Waals surface area contributed by atoms with Crippen molar-refractivity contribution in [3.63, 3.8) is 0 Å². The number of hydrogen-bond acceptors (Lipinski definition) is 4. The van der Waals surface area contributed by atoms with Crippen molar-refractivity contribution in [1.29, 1.82) is 0 Å². The van der Waals surface area contributed by atoms with Crippen LogP contribution >= 0.6 is 0 Å². The van der Waals surface area contributed by atoms with Crippen LogP contribution in [0.1, 0.15) is 50.8 Å². The SMILES string of the molecule is CCc1ccccc1N(CC(=O)N(Cc1ccc(C)cc1)[C@H](CC)C(=O)NC(C)C)S(C)(=O)=O. The van der Waals surface area contributed by atoms with Gasteiger partial charge in [0, 0.05) is 12.6 Å². The van der Waals surface area contributed by atoms with Gasteiger partial charge in [0.15, 0.2) is 0 Å². The molecule has 0 saturated heterocycles. The van der Waals surface area contributed by atoms with Gasteiger partial charge in [0.1, 0.15) is 12.6 Å². The summed E-state index contributed by atoms with van der Waals surface area (Å²) in [6.45, 7) is 9.32. The number of aryl methyl sites for hydroxylation is 2. The molecule has 8 heteroatoms. The Morgan fingerprint density at radius 2 is 1.62 bits per heavy atom. The van der Waals surface area contributed by atoms with Crippen molar-refractivity contribution in [2.75, 3.05) is 17.1 Å². The first-order valence-electron chi connectivity index (χ1n) is 11.7. The van der Waals surface area contributed by atoms with Crippen molar-refractivity contribution in [3.05, 3.63) is 65.2 Å². The molecule has 186 valence electrons. The van der Waals surface area contributed by atoms with Gasteiger partial charge in [-0.15, -0.1) is 0 Å². The lowest BCUT2D eigenvalue weighted by Crippen LogP contribution is -2.53. The molecule has 0 radical (unpaired) electrons. The maximum absolute atomic E-state index is 13.7. The number of para-hydroxylation sites is 1. The lowest BCUT2D eigenvalue weighted by Gasteiger charge is -2.33. The fourth-order valence-corrected chi connectivity index (χ4v) is 4.72. The molecule has 1 atom stereocenters. The molecule has 0 aliphatic heterocycles. The number of hydrogen-bond donors (Lipinski definition) is 1. The first kappa shape index (κ1) is 27.4. The highest BCUT2D eigenvalue weighted by Gasteiger charge is 2.32. The molecule has 2 rings (SSSR count). The van der Waals surface area contributed by atoms with E-state index in [-0.39, 0.29) is 25.0 Å². The van der Waals surface area contributed by atoms with Gasteiger partial charge in [-0.3, -0.25) is 13.9 Å². The minimum Gasteiger partial charge on any atom is -0.352 e. The molecule has 0 spiro atoms. The topological polar surface area (TPSA) is 86.8 Å². The fraction of sp³-hybridized carbons (Fsp3) is 0.462. The minimum atomic E-state index is -3.74. The molecular formula is C26H37N3O4S. The number of amides is 2. The first-order valence-corrected chi connectivity index (χ1v) is 13.5. The molecule has 34 heavy (non-hydrogen) atoms. The highest BCUT2D eigenvalue weighted by atomic mass is 32.2. The minimum absolute atomic E-state index is 0.0816. The van der Waals surface area contributed by atoms with E-state index in [9.17, 15) is 18.0 Å². The van der Waals surface area contributed by atoms with Crippen LogP contribution in [-0.4, -0.2) is 50.0 Å². The van der Waals surface area contributed by atoms with Crippen LogP contribution in [0, 0.1) is 6.92 Å². The van der Waals surface area contributed by atoms with Crippen LogP contribution < -0.4 is 9.62 Å². The molecule has 0 bridgehead atoms. The number of benzene rings is 2. The van der Waals surface area contributed by atoms with Crippen LogP contribution in [0.4, 0.5) is 5.69 Å². The Bertz CT molecular complexity index is 1080. The van der Waals surface area contributed by atoms with E-state index in [1.165, 1.54) is 4.90 Å². The molecule has 0 heterocycles. The van der Waals surface area contributed by atoms with Crippen molar-refractivity contribution in [2.45, 2.75) is 66.1 Å². The summed E-state index contributed by atoms with van der Waals surface area (Å²) in [5, 5.41) is 2.89. The largest absolute Gasteiger partial charge is 0.352 e. The van der Waals surface area contributed by atoms with Crippen LogP contribution in [0.25, 0.3) is 0 Å². The van der Waals surface area contributed by atoms with Gasteiger partial charge in [0.05, 0.1) is 11.9 Å². The molecule has 0 aromatic heterocycles. The predicted molar refractivity (Wildman–Crippen MR) is 137 cm³/mol. The number of rotatable bonds is 11. The van der Waals surface area contributed by atoms with Gasteiger partial charge in [-0.25, -0.2) is 8.42 Å². The maximum Gasteiger partial charge on any atom is 0.244 e. The average Bonchev–Trinajstić information content (AvgIpc) is 2.77. The number of carbonyl (C=O) groups excluding carboxylic acids is 2. The smallest absolute Gasteiger partial charge is 0.244 e. The van der Waals surface area contributed by atoms with Crippen molar-refractivity contribution in [2.24, 2.45) is 0 Å². The Morgan fingerprint density at radius 1 is 1.00 bits per heavy atom. The van der Waals surface area contributed by atoms with Crippen molar-refractivity contribution in [3.8, 4) is 0 Å². The van der Waals surface area contributed by atoms with Gasteiger partial charge in [-0.05, 0) is 50.8 Å². The number of nitrogens with one attached hydrogen (secondary N) is 1. The second-order valence-corrected chi connectivity index (χ2v) is 10.8. The van der Waals surface area contributed by atoms with Crippen molar-refractivity contribution in [1.82, 2.24) is 10.2 Å². The zero-order valence-electron chi connectivity index (χ0n) is 21.0. The summed E-state index contributed by atoms with van der Waals surface area (Å²) in [4.78, 5) is 28.2. The van der Waals surface area contributed by atoms with Gasteiger partial charge in [0.25, 0.3) is 0 Å². The quantitative estimate of drug-likeness (QED) is 0.524. The molecule has 0 saturated carbocycles. The summed E-state index contributed by atoms with van der Waals surface area (Å²) in [5.41, 5.74) is 3.27. The number of sulfonamides is 1. The van der Waals surface area contributed by atoms with Gasteiger partial charge >= 0.3 is 0 Å². The van der Waals surface area contributed by atoms with Crippen molar-refractivity contribution >= 4 is 27.5 Å². The summed E-state index contributed by atoms with van der Waals surface area (Å²) in [6, 6.07) is 14.1. The Morgan fingerprint density at radius 3 is 2.15 bits per heavy atom. The highest BCUT2D eigenvalue weighted by Crippen LogP contribution is 2.24. The molecular weight excluding hydrogens is 450 g/mol. The Balaban J connectivity index is 2.47. The fourth-order valence-electron chi connectivity index (χ4n) is 3.84. The van der Waals surface area contributed by atoms with Crippen LogP contribution in [-0.2, 0) is 32.6 Å². The van der Waals surface area contributed by atoms with E-state index in [2.05, 4.69) is 5.32 Å². The second-order valence-electron chi connectivity index (χ2n) is 8.85. The maximum atomic E-state index is 13.7. The van der Waals surface area contributed by atoms with Gasteiger partial charge in [-0.2, -0.15) is 0 Å². The third-order valence-corrected chi connectivity index (χ3v) is 6.74. The summed E-state index contributed by atoms with van der Waals surface area (Å²) in [5.74, 6) is -0.680. The summed E-state index contributed by atoms with van der Waals surface area (Å²) < 4.78 is 26.6. The molecule has 0 aliphatic rings. The van der Waals surface area contributed by atoms with E-state index >= 15 is 0 Å². The molecule has 2 amide bonds. The second kappa shape index (κ2) is 12.0. The third kappa shape index (κ3) is 7.32. The monoisotopic (exact) mass is 487 g/mol. The van der Waals surface area contributed by atoms with E-state index in [0.717, 1.165) is 27.3 Å². The average molecular weight is 488 g/mol. The summed E-state index contributed by atoms with van der Waals surface area (Å²) in [6.07, 6.45) is 2.12. The van der Waals surface area contributed by atoms with Gasteiger partial charge < -0.3 is 10.2 Å². The zero-order valence-corrected chi connectivity index (χ0v) is 21.9. The van der Waals surface area contributed by atoms with Crippen LogP contribution in [0.5, 0.6) is 0 Å².